The molecule has 4 rings (SSSR count). The van der Waals surface area contributed by atoms with E-state index in [0.717, 1.165) is 22.1 Å². The van der Waals surface area contributed by atoms with E-state index in [-0.39, 0.29) is 0 Å². The third kappa shape index (κ3) is 2.55. The maximum Gasteiger partial charge on any atom is 0.234 e. The molecule has 0 amide bonds. The summed E-state index contributed by atoms with van der Waals surface area (Å²) in [4.78, 5) is 8.89. The Labute approximate surface area is 142 Å². The molecule has 112 valence electrons. The normalized spacial score (nSPS) is 11.0. The van der Waals surface area contributed by atoms with E-state index in [4.69, 9.17) is 0 Å². The number of benzene rings is 2. The Bertz CT molecular complexity index is 946. The van der Waals surface area contributed by atoms with Crippen molar-refractivity contribution in [2.24, 2.45) is 0 Å². The SMILES string of the molecule is Brc1c(Cc2ccccc2)n(-c2ncccn2)c2ccccc12. The van der Waals surface area contributed by atoms with Crippen molar-refractivity contribution in [2.45, 2.75) is 6.42 Å². The number of fused-ring (bicyclic) bond motifs is 1. The van der Waals surface area contributed by atoms with Crippen molar-refractivity contribution in [3.8, 4) is 5.95 Å². The van der Waals surface area contributed by atoms with Crippen LogP contribution in [-0.2, 0) is 6.42 Å². The summed E-state index contributed by atoms with van der Waals surface area (Å²) in [6.45, 7) is 0. The largest absolute Gasteiger partial charge is 0.281 e. The van der Waals surface area contributed by atoms with Crippen molar-refractivity contribution >= 4 is 26.8 Å². The van der Waals surface area contributed by atoms with Gasteiger partial charge in [-0.15, -0.1) is 0 Å². The van der Waals surface area contributed by atoms with Crippen LogP contribution in [0.15, 0.2) is 77.5 Å². The average molecular weight is 364 g/mol. The van der Waals surface area contributed by atoms with E-state index in [1.807, 2.05) is 18.2 Å². The third-order valence-electron chi connectivity index (χ3n) is 3.87. The van der Waals surface area contributed by atoms with Crippen molar-refractivity contribution in [3.63, 3.8) is 0 Å². The van der Waals surface area contributed by atoms with Crippen molar-refractivity contribution in [2.75, 3.05) is 0 Å². The van der Waals surface area contributed by atoms with E-state index < -0.39 is 0 Å². The molecule has 0 atom stereocenters. The standard InChI is InChI=1S/C19H14BrN3/c20-18-15-9-4-5-10-16(15)23(19-21-11-6-12-22-19)17(18)13-14-7-2-1-3-8-14/h1-12H,13H2. The van der Waals surface area contributed by atoms with Crippen LogP contribution >= 0.6 is 15.9 Å². The number of hydrogen-bond donors (Lipinski definition) is 0. The molecule has 0 saturated carbocycles. The fraction of sp³-hybridized carbons (Fsp3) is 0.0526. The first kappa shape index (κ1) is 14.2. The Morgan fingerprint density at radius 3 is 2.30 bits per heavy atom. The number of aromatic nitrogens is 3. The summed E-state index contributed by atoms with van der Waals surface area (Å²) < 4.78 is 3.23. The van der Waals surface area contributed by atoms with Gasteiger partial charge in [-0.05, 0) is 33.6 Å². The van der Waals surface area contributed by atoms with Gasteiger partial charge in [0.05, 0.1) is 5.52 Å². The van der Waals surface area contributed by atoms with Crippen LogP contribution in [0.2, 0.25) is 0 Å². The summed E-state index contributed by atoms with van der Waals surface area (Å²) >= 11 is 3.78. The van der Waals surface area contributed by atoms with E-state index >= 15 is 0 Å². The second-order valence-electron chi connectivity index (χ2n) is 5.32. The Hall–Kier alpha value is -2.46. The number of hydrogen-bond acceptors (Lipinski definition) is 2. The molecular weight excluding hydrogens is 350 g/mol. The first-order valence-electron chi connectivity index (χ1n) is 7.44. The van der Waals surface area contributed by atoms with Crippen molar-refractivity contribution in [1.82, 2.24) is 14.5 Å². The monoisotopic (exact) mass is 363 g/mol. The lowest BCUT2D eigenvalue weighted by Gasteiger charge is -2.09. The molecule has 2 aromatic carbocycles. The number of rotatable bonds is 3. The van der Waals surface area contributed by atoms with Crippen molar-refractivity contribution in [3.05, 3.63) is 88.8 Å². The minimum Gasteiger partial charge on any atom is -0.281 e. The Balaban J connectivity index is 1.97. The van der Waals surface area contributed by atoms with Gasteiger partial charge in [-0.2, -0.15) is 0 Å². The molecule has 0 aliphatic heterocycles. The molecule has 0 unspecified atom stereocenters. The smallest absolute Gasteiger partial charge is 0.234 e. The highest BCUT2D eigenvalue weighted by Crippen LogP contribution is 2.34. The molecule has 0 spiro atoms. The van der Waals surface area contributed by atoms with Crippen LogP contribution in [0.3, 0.4) is 0 Å². The third-order valence-corrected chi connectivity index (χ3v) is 4.76. The van der Waals surface area contributed by atoms with Crippen LogP contribution in [0, 0.1) is 0 Å². The lowest BCUT2D eigenvalue weighted by Crippen LogP contribution is -2.05. The van der Waals surface area contributed by atoms with Gasteiger partial charge in [0.1, 0.15) is 0 Å². The first-order valence-corrected chi connectivity index (χ1v) is 8.23. The van der Waals surface area contributed by atoms with Gasteiger partial charge >= 0.3 is 0 Å². The topological polar surface area (TPSA) is 30.7 Å². The van der Waals surface area contributed by atoms with E-state index in [9.17, 15) is 0 Å². The number of para-hydroxylation sites is 1. The van der Waals surface area contributed by atoms with Gasteiger partial charge < -0.3 is 0 Å². The predicted molar refractivity (Wildman–Crippen MR) is 95.8 cm³/mol. The Morgan fingerprint density at radius 2 is 1.52 bits per heavy atom. The second-order valence-corrected chi connectivity index (χ2v) is 6.12. The fourth-order valence-corrected chi connectivity index (χ4v) is 3.49. The van der Waals surface area contributed by atoms with Crippen LogP contribution in [0.5, 0.6) is 0 Å². The summed E-state index contributed by atoms with van der Waals surface area (Å²) in [6.07, 6.45) is 4.36. The molecule has 2 heterocycles. The van der Waals surface area contributed by atoms with Gasteiger partial charge in [0.15, 0.2) is 0 Å². The molecule has 0 saturated heterocycles. The summed E-state index contributed by atoms with van der Waals surface area (Å²) in [5.74, 6) is 0.695. The lowest BCUT2D eigenvalue weighted by molar-refractivity contribution is 0.895. The number of halogens is 1. The molecule has 4 aromatic rings. The highest BCUT2D eigenvalue weighted by molar-refractivity contribution is 9.10. The summed E-state index contributed by atoms with van der Waals surface area (Å²) in [7, 11) is 0. The molecule has 3 nitrogen and oxygen atoms in total. The molecule has 0 fully saturated rings. The minimum atomic E-state index is 0.695. The molecule has 4 heteroatoms. The van der Waals surface area contributed by atoms with E-state index in [2.05, 4.69) is 72.9 Å². The number of nitrogens with zero attached hydrogens (tertiary/aromatic N) is 3. The van der Waals surface area contributed by atoms with Gasteiger partial charge in [0, 0.05) is 34.4 Å². The predicted octanol–water partition coefficient (Wildman–Crippen LogP) is 4.77. The van der Waals surface area contributed by atoms with Gasteiger partial charge in [-0.25, -0.2) is 9.97 Å². The summed E-state index contributed by atoms with van der Waals surface area (Å²) in [6, 6.07) is 20.6. The van der Waals surface area contributed by atoms with Crippen LogP contribution in [0.4, 0.5) is 0 Å². The summed E-state index contributed by atoms with van der Waals surface area (Å²) in [5, 5.41) is 1.17. The maximum atomic E-state index is 4.45. The Kier molecular flexibility index (Phi) is 3.67. The molecule has 2 aromatic heterocycles. The van der Waals surface area contributed by atoms with Gasteiger partial charge in [-0.3, -0.25) is 4.57 Å². The molecule has 0 radical (unpaired) electrons. The van der Waals surface area contributed by atoms with E-state index in [1.165, 1.54) is 10.9 Å². The quantitative estimate of drug-likeness (QED) is 0.524. The van der Waals surface area contributed by atoms with Gasteiger partial charge in [0.2, 0.25) is 5.95 Å². The second kappa shape index (κ2) is 5.97. The molecular formula is C19H14BrN3. The van der Waals surface area contributed by atoms with Crippen LogP contribution in [0.25, 0.3) is 16.9 Å². The highest BCUT2D eigenvalue weighted by atomic mass is 79.9. The van der Waals surface area contributed by atoms with Crippen molar-refractivity contribution in [1.29, 1.82) is 0 Å². The first-order chi connectivity index (χ1) is 11.3. The van der Waals surface area contributed by atoms with Crippen LogP contribution in [-0.4, -0.2) is 14.5 Å². The Morgan fingerprint density at radius 1 is 0.826 bits per heavy atom. The van der Waals surface area contributed by atoms with Crippen LogP contribution in [0.1, 0.15) is 11.3 Å². The average Bonchev–Trinajstić information content (AvgIpc) is 2.89. The lowest BCUT2D eigenvalue weighted by atomic mass is 10.1. The van der Waals surface area contributed by atoms with E-state index in [1.54, 1.807) is 12.4 Å². The zero-order valence-electron chi connectivity index (χ0n) is 12.4. The zero-order chi connectivity index (χ0) is 15.6. The fourth-order valence-electron chi connectivity index (χ4n) is 2.83. The molecule has 0 aliphatic carbocycles. The maximum absolute atomic E-state index is 4.45. The van der Waals surface area contributed by atoms with Crippen molar-refractivity contribution < 1.29 is 0 Å². The van der Waals surface area contributed by atoms with Crippen LogP contribution < -0.4 is 0 Å². The molecule has 0 bridgehead atoms. The van der Waals surface area contributed by atoms with E-state index in [0.29, 0.717) is 5.95 Å². The van der Waals surface area contributed by atoms with Gasteiger partial charge in [0.25, 0.3) is 0 Å². The highest BCUT2D eigenvalue weighted by Gasteiger charge is 2.17. The molecule has 0 aliphatic rings. The zero-order valence-corrected chi connectivity index (χ0v) is 13.9. The molecule has 23 heavy (non-hydrogen) atoms. The summed E-state index contributed by atoms with van der Waals surface area (Å²) in [5.41, 5.74) is 3.52. The minimum absolute atomic E-state index is 0.695. The van der Waals surface area contributed by atoms with Gasteiger partial charge in [-0.1, -0.05) is 48.5 Å². The molecule has 0 N–H and O–H groups in total.